The van der Waals surface area contributed by atoms with E-state index >= 15 is 0 Å². The number of pyridine rings is 1. The summed E-state index contributed by atoms with van der Waals surface area (Å²) in [6.07, 6.45) is 11.6. The van der Waals surface area contributed by atoms with Crippen LogP contribution in [0, 0.1) is 0 Å². The van der Waals surface area contributed by atoms with Gasteiger partial charge in [0.15, 0.2) is 0 Å². The van der Waals surface area contributed by atoms with Crippen molar-refractivity contribution in [2.24, 2.45) is 0 Å². The van der Waals surface area contributed by atoms with E-state index in [4.69, 9.17) is 4.98 Å². The lowest BCUT2D eigenvalue weighted by molar-refractivity contribution is -0.118. The molecule has 0 fully saturated rings. The second kappa shape index (κ2) is 9.68. The fourth-order valence-electron chi connectivity index (χ4n) is 3.92. The van der Waals surface area contributed by atoms with E-state index in [2.05, 4.69) is 48.8 Å². The van der Waals surface area contributed by atoms with Gasteiger partial charge in [0.2, 0.25) is 0 Å². The van der Waals surface area contributed by atoms with Gasteiger partial charge in [0.05, 0.1) is 5.52 Å². The first kappa shape index (κ1) is 19.6. The van der Waals surface area contributed by atoms with Gasteiger partial charge in [-0.05, 0) is 43.4 Å². The van der Waals surface area contributed by atoms with Gasteiger partial charge >= 0.3 is 0 Å². The third-order valence-electron chi connectivity index (χ3n) is 5.60. The first-order valence-corrected chi connectivity index (χ1v) is 10.6. The molecule has 1 aliphatic heterocycles. The second-order valence-electron chi connectivity index (χ2n) is 7.61. The summed E-state index contributed by atoms with van der Waals surface area (Å²) < 4.78 is 0. The molecular formula is C24H32N2O. The minimum Gasteiger partial charge on any atom is -0.388 e. The number of unbranched alkanes of at least 4 members (excludes halogenated alkanes) is 3. The van der Waals surface area contributed by atoms with Crippen molar-refractivity contribution in [1.29, 1.82) is 0 Å². The number of benzene rings is 1. The molecule has 27 heavy (non-hydrogen) atoms. The molecule has 2 heterocycles. The Kier molecular flexibility index (Phi) is 7.03. The zero-order valence-corrected chi connectivity index (χ0v) is 16.8. The molecule has 1 N–H and O–H groups in total. The van der Waals surface area contributed by atoms with Crippen molar-refractivity contribution in [3.8, 4) is 0 Å². The third-order valence-corrected chi connectivity index (χ3v) is 5.60. The Labute approximate surface area is 163 Å². The Morgan fingerprint density at radius 1 is 1.15 bits per heavy atom. The summed E-state index contributed by atoms with van der Waals surface area (Å²) in [5.74, 6) is 0.400. The smallest absolute Gasteiger partial charge is 0.132 e. The van der Waals surface area contributed by atoms with E-state index in [1.807, 2.05) is 6.92 Å². The number of rotatable bonds is 10. The molecule has 1 aliphatic rings. The van der Waals surface area contributed by atoms with Crippen molar-refractivity contribution in [2.45, 2.75) is 77.7 Å². The Morgan fingerprint density at radius 2 is 1.96 bits per heavy atom. The number of aromatic nitrogens is 1. The predicted octanol–water partition coefficient (Wildman–Crippen LogP) is 5.82. The zero-order chi connectivity index (χ0) is 19.1. The van der Waals surface area contributed by atoms with Crippen molar-refractivity contribution in [1.82, 2.24) is 10.3 Å². The van der Waals surface area contributed by atoms with Crippen LogP contribution in [-0.2, 0) is 11.2 Å². The average molecular weight is 365 g/mol. The molecule has 0 radical (unpaired) electrons. The Morgan fingerprint density at radius 3 is 2.78 bits per heavy atom. The number of para-hydroxylation sites is 1. The molecular weight excluding hydrogens is 332 g/mol. The highest BCUT2D eigenvalue weighted by molar-refractivity contribution is 5.84. The quantitative estimate of drug-likeness (QED) is 0.540. The van der Waals surface area contributed by atoms with Gasteiger partial charge in [0.1, 0.15) is 5.78 Å². The molecule has 0 aliphatic carbocycles. The highest BCUT2D eigenvalue weighted by atomic mass is 16.1. The molecule has 0 saturated carbocycles. The zero-order valence-electron chi connectivity index (χ0n) is 16.8. The maximum Gasteiger partial charge on any atom is 0.132 e. The summed E-state index contributed by atoms with van der Waals surface area (Å²) in [5.41, 5.74) is 4.98. The molecule has 2 aromatic rings. The van der Waals surface area contributed by atoms with Crippen LogP contribution in [0.2, 0.25) is 0 Å². The average Bonchev–Trinajstić information content (AvgIpc) is 3.18. The van der Waals surface area contributed by atoms with Crippen LogP contribution in [0.5, 0.6) is 0 Å². The van der Waals surface area contributed by atoms with Crippen LogP contribution in [0.3, 0.4) is 0 Å². The van der Waals surface area contributed by atoms with E-state index in [-0.39, 0.29) is 0 Å². The van der Waals surface area contributed by atoms with Crippen molar-refractivity contribution >= 4 is 22.3 Å². The first-order chi connectivity index (χ1) is 13.2. The molecule has 3 nitrogen and oxygen atoms in total. The normalized spacial score (nSPS) is 16.4. The number of hydrogen-bond acceptors (Lipinski definition) is 3. The number of ketones is 1. The van der Waals surface area contributed by atoms with E-state index < -0.39 is 0 Å². The van der Waals surface area contributed by atoms with Gasteiger partial charge in [-0.15, -0.1) is 0 Å². The van der Waals surface area contributed by atoms with Gasteiger partial charge in [-0.1, -0.05) is 51.3 Å². The highest BCUT2D eigenvalue weighted by Crippen LogP contribution is 2.30. The maximum absolute atomic E-state index is 11.3. The van der Waals surface area contributed by atoms with Crippen LogP contribution in [0.25, 0.3) is 16.5 Å². The van der Waals surface area contributed by atoms with Crippen LogP contribution in [0.15, 0.2) is 36.5 Å². The van der Waals surface area contributed by atoms with Gasteiger partial charge in [-0.3, -0.25) is 9.78 Å². The number of fused-ring (bicyclic) bond motifs is 1. The Hall–Kier alpha value is -2.16. The van der Waals surface area contributed by atoms with Crippen LogP contribution in [0.1, 0.15) is 76.5 Å². The van der Waals surface area contributed by atoms with Crippen molar-refractivity contribution in [2.75, 3.05) is 0 Å². The lowest BCUT2D eigenvalue weighted by Gasteiger charge is -2.13. The lowest BCUT2D eigenvalue weighted by atomic mass is 9.96. The number of aryl methyl sites for hydroxylation is 1. The number of carbonyl (C=O) groups excluding carboxylic acids is 1. The molecule has 1 atom stereocenters. The Bertz CT molecular complexity index is 809. The van der Waals surface area contributed by atoms with E-state index in [0.29, 0.717) is 18.2 Å². The standard InChI is InChI=1S/C24H32N2O/c1-3-21(27)13-8-6-5-7-12-20-15-19(17-25-20)22-16-18-11-9-10-14-24(18)26-23(22)4-2/h9-11,14,16-17,20,25H,3-8,12-13,15H2,1-2H3. The summed E-state index contributed by atoms with van der Waals surface area (Å²) >= 11 is 0. The number of Topliss-reactive ketones (excluding diaryl/α,β-unsaturated/α-hetero) is 1. The van der Waals surface area contributed by atoms with Gasteiger partial charge in [-0.25, -0.2) is 0 Å². The second-order valence-corrected chi connectivity index (χ2v) is 7.61. The predicted molar refractivity (Wildman–Crippen MR) is 114 cm³/mol. The summed E-state index contributed by atoms with van der Waals surface area (Å²) in [7, 11) is 0. The molecule has 1 aromatic heterocycles. The molecule has 0 amide bonds. The van der Waals surface area contributed by atoms with Crippen LogP contribution in [-0.4, -0.2) is 16.8 Å². The molecule has 144 valence electrons. The summed E-state index contributed by atoms with van der Waals surface area (Å²) in [5, 5.41) is 4.80. The summed E-state index contributed by atoms with van der Waals surface area (Å²) in [6.45, 7) is 4.14. The van der Waals surface area contributed by atoms with Crippen molar-refractivity contribution < 1.29 is 4.79 Å². The molecule has 0 spiro atoms. The van der Waals surface area contributed by atoms with Crippen LogP contribution < -0.4 is 5.32 Å². The molecule has 0 bridgehead atoms. The molecule has 1 aromatic carbocycles. The maximum atomic E-state index is 11.3. The molecule has 3 rings (SSSR count). The van der Waals surface area contributed by atoms with E-state index in [0.717, 1.165) is 31.2 Å². The summed E-state index contributed by atoms with van der Waals surface area (Å²) in [6, 6.07) is 11.2. The molecule has 3 heteroatoms. The monoisotopic (exact) mass is 364 g/mol. The van der Waals surface area contributed by atoms with E-state index in [1.54, 1.807) is 0 Å². The number of carbonyl (C=O) groups is 1. The number of hydrogen-bond donors (Lipinski definition) is 1. The lowest BCUT2D eigenvalue weighted by Crippen LogP contribution is -2.18. The fraction of sp³-hybridized carbons (Fsp3) is 0.500. The van der Waals surface area contributed by atoms with E-state index in [1.165, 1.54) is 47.9 Å². The highest BCUT2D eigenvalue weighted by Gasteiger charge is 2.20. The number of nitrogens with one attached hydrogen (secondary N) is 1. The van der Waals surface area contributed by atoms with Gasteiger partial charge in [-0.2, -0.15) is 0 Å². The third kappa shape index (κ3) is 5.18. The van der Waals surface area contributed by atoms with Crippen molar-refractivity contribution in [3.05, 3.63) is 47.8 Å². The van der Waals surface area contributed by atoms with Crippen LogP contribution in [0.4, 0.5) is 0 Å². The largest absolute Gasteiger partial charge is 0.388 e. The van der Waals surface area contributed by atoms with Gasteiger partial charge in [0.25, 0.3) is 0 Å². The molecule has 0 saturated heterocycles. The molecule has 1 unspecified atom stereocenters. The summed E-state index contributed by atoms with van der Waals surface area (Å²) in [4.78, 5) is 16.2. The van der Waals surface area contributed by atoms with Crippen molar-refractivity contribution in [3.63, 3.8) is 0 Å². The SMILES string of the molecule is CCC(=O)CCCCCCC1CC(c2cc3ccccc3nc2CC)=CN1. The minimum absolute atomic E-state index is 0.400. The van der Waals surface area contributed by atoms with E-state index in [9.17, 15) is 4.79 Å². The number of nitrogens with zero attached hydrogens (tertiary/aromatic N) is 1. The van der Waals surface area contributed by atoms with Gasteiger partial charge < -0.3 is 5.32 Å². The van der Waals surface area contributed by atoms with Crippen LogP contribution >= 0.6 is 0 Å². The topological polar surface area (TPSA) is 42.0 Å². The minimum atomic E-state index is 0.400. The first-order valence-electron chi connectivity index (χ1n) is 10.6. The fourth-order valence-corrected chi connectivity index (χ4v) is 3.92. The Balaban J connectivity index is 1.50. The van der Waals surface area contributed by atoms with Gasteiger partial charge in [0, 0.05) is 41.7 Å².